The van der Waals surface area contributed by atoms with E-state index in [0.717, 1.165) is 42.8 Å². The number of amides is 1. The number of aromatic carboxylic acids is 1. The molecule has 0 aliphatic carbocycles. The highest BCUT2D eigenvalue weighted by Crippen LogP contribution is 2.22. The van der Waals surface area contributed by atoms with Crippen molar-refractivity contribution in [2.45, 2.75) is 59.5 Å². The molecule has 0 fully saturated rings. The number of benzene rings is 1. The van der Waals surface area contributed by atoms with Crippen LogP contribution in [0.4, 0.5) is 0 Å². The number of aromatic nitrogens is 2. The normalized spacial score (nSPS) is 12.2. The van der Waals surface area contributed by atoms with E-state index in [9.17, 15) is 9.59 Å². The molecule has 2 aromatic rings. The van der Waals surface area contributed by atoms with E-state index in [-0.39, 0.29) is 17.4 Å². The molecule has 0 spiro atoms. The van der Waals surface area contributed by atoms with Crippen molar-refractivity contribution in [3.8, 4) is 0 Å². The zero-order valence-corrected chi connectivity index (χ0v) is 20.0. The second kappa shape index (κ2) is 12.2. The first-order valence-electron chi connectivity index (χ1n) is 10.7. The summed E-state index contributed by atoms with van der Waals surface area (Å²) in [5.41, 5.74) is 1.85. The molecule has 170 valence electrons. The maximum absolute atomic E-state index is 12.6. The van der Waals surface area contributed by atoms with E-state index in [0.29, 0.717) is 29.8 Å². The predicted octanol–water partition coefficient (Wildman–Crippen LogP) is 4.83. The Kier molecular flexibility index (Phi) is 9.91. The lowest BCUT2D eigenvalue weighted by molar-refractivity contribution is -0.124. The second-order valence-corrected chi connectivity index (χ2v) is 8.97. The molecule has 6 nitrogen and oxygen atoms in total. The Hall–Kier alpha value is -1.99. The lowest BCUT2D eigenvalue weighted by atomic mass is 9.98. The number of nitrogens with zero attached hydrogens (tertiary/aromatic N) is 2. The Bertz CT molecular complexity index is 898. The average molecular weight is 466 g/mol. The number of aryl methyl sites for hydroxylation is 1. The van der Waals surface area contributed by atoms with Crippen LogP contribution < -0.4 is 5.32 Å². The van der Waals surface area contributed by atoms with E-state index in [1.165, 1.54) is 6.07 Å². The zero-order chi connectivity index (χ0) is 23.0. The van der Waals surface area contributed by atoms with Gasteiger partial charge in [0.2, 0.25) is 5.91 Å². The smallest absolute Gasteiger partial charge is 0.335 e. The first-order valence-corrected chi connectivity index (χ1v) is 11.7. The molecule has 0 aliphatic rings. The number of imidazole rings is 1. The number of carboxylic acid groups (broad SMARTS) is 1. The molecule has 0 bridgehead atoms. The second-order valence-electron chi connectivity index (χ2n) is 8.19. The van der Waals surface area contributed by atoms with E-state index in [4.69, 9.17) is 16.7 Å². The first-order chi connectivity index (χ1) is 14.8. The summed E-state index contributed by atoms with van der Waals surface area (Å²) in [7, 11) is 0. The standard InChI is InChI=1S/C23H32ClN3O3S/c1-4-5-6-21-25-11-19(12-26-22(28)18(14-31)9-15(2)3)27(21)13-17-8-7-16(23(29)30)10-20(17)24/h7-8,10-11,15,18,31H,4-6,9,12-14H2,1-3H3,(H,26,28)(H,29,30). The van der Waals surface area contributed by atoms with Crippen molar-refractivity contribution in [2.24, 2.45) is 11.8 Å². The Morgan fingerprint density at radius 2 is 2.06 bits per heavy atom. The molecule has 1 amide bonds. The Morgan fingerprint density at radius 3 is 2.65 bits per heavy atom. The van der Waals surface area contributed by atoms with Gasteiger partial charge in [-0.15, -0.1) is 0 Å². The minimum atomic E-state index is -1.01. The van der Waals surface area contributed by atoms with Gasteiger partial charge in [-0.3, -0.25) is 4.79 Å². The molecule has 1 aromatic heterocycles. The molecule has 1 unspecified atom stereocenters. The number of hydrogen-bond donors (Lipinski definition) is 3. The van der Waals surface area contributed by atoms with Crippen LogP contribution in [0.5, 0.6) is 0 Å². The maximum atomic E-state index is 12.6. The van der Waals surface area contributed by atoms with E-state index in [1.807, 2.05) is 0 Å². The number of thiol groups is 1. The van der Waals surface area contributed by atoms with Gasteiger partial charge in [0.15, 0.2) is 0 Å². The molecule has 8 heteroatoms. The van der Waals surface area contributed by atoms with Gasteiger partial charge in [0.1, 0.15) is 5.82 Å². The van der Waals surface area contributed by atoms with Crippen molar-refractivity contribution in [1.82, 2.24) is 14.9 Å². The molecule has 31 heavy (non-hydrogen) atoms. The number of unbranched alkanes of at least 4 members (excludes halogenated alkanes) is 1. The van der Waals surface area contributed by atoms with Crippen molar-refractivity contribution >= 4 is 36.1 Å². The fourth-order valence-electron chi connectivity index (χ4n) is 3.46. The van der Waals surface area contributed by atoms with Gasteiger partial charge in [0.05, 0.1) is 30.5 Å². The van der Waals surface area contributed by atoms with Crippen LogP contribution in [0.2, 0.25) is 5.02 Å². The van der Waals surface area contributed by atoms with Crippen molar-refractivity contribution in [3.63, 3.8) is 0 Å². The summed E-state index contributed by atoms with van der Waals surface area (Å²) >= 11 is 10.7. The Morgan fingerprint density at radius 1 is 1.32 bits per heavy atom. The topological polar surface area (TPSA) is 84.2 Å². The summed E-state index contributed by atoms with van der Waals surface area (Å²) in [4.78, 5) is 28.4. The van der Waals surface area contributed by atoms with Crippen molar-refractivity contribution < 1.29 is 14.7 Å². The number of halogens is 1. The lowest BCUT2D eigenvalue weighted by Crippen LogP contribution is -2.33. The van der Waals surface area contributed by atoms with Crippen LogP contribution in [0.15, 0.2) is 24.4 Å². The highest BCUT2D eigenvalue weighted by atomic mass is 35.5. The monoisotopic (exact) mass is 465 g/mol. The summed E-state index contributed by atoms with van der Waals surface area (Å²) in [5.74, 6) is 0.717. The number of rotatable bonds is 12. The lowest BCUT2D eigenvalue weighted by Gasteiger charge is -2.18. The number of carboxylic acids is 1. The number of carbonyl (C=O) groups is 2. The fraction of sp³-hybridized carbons (Fsp3) is 0.522. The van der Waals surface area contributed by atoms with Gasteiger partial charge in [-0.05, 0) is 36.5 Å². The summed E-state index contributed by atoms with van der Waals surface area (Å²) in [6.07, 6.45) is 5.46. The third-order valence-electron chi connectivity index (χ3n) is 5.19. The first kappa shape index (κ1) is 25.3. The van der Waals surface area contributed by atoms with Crippen molar-refractivity contribution in [2.75, 3.05) is 5.75 Å². The van der Waals surface area contributed by atoms with E-state index < -0.39 is 5.97 Å². The van der Waals surface area contributed by atoms with Crippen LogP contribution in [0, 0.1) is 11.8 Å². The molecular formula is C23H32ClN3O3S. The predicted molar refractivity (Wildman–Crippen MR) is 127 cm³/mol. The van der Waals surface area contributed by atoms with E-state index in [1.54, 1.807) is 18.3 Å². The third-order valence-corrected chi connectivity index (χ3v) is 5.99. The van der Waals surface area contributed by atoms with Gasteiger partial charge in [0, 0.05) is 23.1 Å². The molecular weight excluding hydrogens is 434 g/mol. The van der Waals surface area contributed by atoms with E-state index >= 15 is 0 Å². The van der Waals surface area contributed by atoms with Crippen LogP contribution in [0.3, 0.4) is 0 Å². The van der Waals surface area contributed by atoms with Crippen molar-refractivity contribution in [1.29, 1.82) is 0 Å². The third kappa shape index (κ3) is 7.28. The fourth-order valence-corrected chi connectivity index (χ4v) is 4.01. The summed E-state index contributed by atoms with van der Waals surface area (Å²) < 4.78 is 2.07. The maximum Gasteiger partial charge on any atom is 0.335 e. The van der Waals surface area contributed by atoms with Crippen LogP contribution >= 0.6 is 24.2 Å². The highest BCUT2D eigenvalue weighted by Gasteiger charge is 2.19. The Balaban J connectivity index is 2.22. The summed E-state index contributed by atoms with van der Waals surface area (Å²) in [6, 6.07) is 4.75. The van der Waals surface area contributed by atoms with Gasteiger partial charge in [-0.2, -0.15) is 12.6 Å². The molecule has 1 aromatic carbocycles. The van der Waals surface area contributed by atoms with Crippen LogP contribution in [0.1, 0.15) is 67.5 Å². The van der Waals surface area contributed by atoms with Crippen LogP contribution in [-0.4, -0.2) is 32.3 Å². The molecule has 2 rings (SSSR count). The Labute approximate surface area is 194 Å². The van der Waals surface area contributed by atoms with Gasteiger partial charge < -0.3 is 15.0 Å². The van der Waals surface area contributed by atoms with Crippen molar-refractivity contribution in [3.05, 3.63) is 52.1 Å². The molecule has 0 aliphatic heterocycles. The minimum Gasteiger partial charge on any atom is -0.478 e. The minimum absolute atomic E-state index is 0.00426. The number of hydrogen-bond acceptors (Lipinski definition) is 4. The SMILES string of the molecule is CCCCc1ncc(CNC(=O)C(CS)CC(C)C)n1Cc1ccc(C(=O)O)cc1Cl. The van der Waals surface area contributed by atoms with Crippen LogP contribution in [0.25, 0.3) is 0 Å². The summed E-state index contributed by atoms with van der Waals surface area (Å²) in [5, 5.41) is 12.6. The van der Waals surface area contributed by atoms with E-state index in [2.05, 4.69) is 48.3 Å². The van der Waals surface area contributed by atoms with Gasteiger partial charge >= 0.3 is 5.97 Å². The van der Waals surface area contributed by atoms with Gasteiger partial charge in [-0.25, -0.2) is 9.78 Å². The molecule has 1 heterocycles. The quantitative estimate of drug-likeness (QED) is 0.392. The largest absolute Gasteiger partial charge is 0.478 e. The molecule has 0 radical (unpaired) electrons. The summed E-state index contributed by atoms with van der Waals surface area (Å²) in [6.45, 7) is 7.15. The molecule has 0 saturated heterocycles. The number of carbonyl (C=O) groups excluding carboxylic acids is 1. The van der Waals surface area contributed by atoms with Gasteiger partial charge in [0.25, 0.3) is 0 Å². The number of nitrogens with one attached hydrogen (secondary N) is 1. The molecule has 0 saturated carbocycles. The zero-order valence-electron chi connectivity index (χ0n) is 18.4. The van der Waals surface area contributed by atoms with Gasteiger partial charge in [-0.1, -0.05) is 44.9 Å². The van der Waals surface area contributed by atoms with Crippen LogP contribution in [-0.2, 0) is 24.3 Å². The highest BCUT2D eigenvalue weighted by molar-refractivity contribution is 7.80. The molecule has 1 atom stereocenters. The molecule has 2 N–H and O–H groups in total. The average Bonchev–Trinajstić information content (AvgIpc) is 3.11.